The Bertz CT molecular complexity index is 735. The van der Waals surface area contributed by atoms with Crippen molar-refractivity contribution in [3.05, 3.63) is 35.7 Å². The number of hydrogen-bond acceptors (Lipinski definition) is 5. The first-order valence-electron chi connectivity index (χ1n) is 8.17. The Morgan fingerprint density at radius 1 is 1.21 bits per heavy atom. The second-order valence-electron chi connectivity index (χ2n) is 5.75. The van der Waals surface area contributed by atoms with Gasteiger partial charge in [0.2, 0.25) is 0 Å². The second-order valence-corrected chi connectivity index (χ2v) is 5.75. The fourth-order valence-corrected chi connectivity index (χ4v) is 2.86. The minimum atomic E-state index is -0.391. The van der Waals surface area contributed by atoms with E-state index in [1.165, 1.54) is 6.42 Å². The highest BCUT2D eigenvalue weighted by atomic mass is 16.5. The third-order valence-corrected chi connectivity index (χ3v) is 4.36. The Balaban J connectivity index is 2.03. The first kappa shape index (κ1) is 16.4. The Morgan fingerprint density at radius 2 is 1.96 bits per heavy atom. The summed E-state index contributed by atoms with van der Waals surface area (Å²) < 4.78 is 17.6. The number of carbonyl (C=O) groups excluding carboxylic acids is 1. The summed E-state index contributed by atoms with van der Waals surface area (Å²) in [6.07, 6.45) is 3.43. The average Bonchev–Trinajstić information content (AvgIpc) is 2.97. The molecule has 0 saturated heterocycles. The molecule has 0 N–H and O–H groups in total. The van der Waals surface area contributed by atoms with Crippen molar-refractivity contribution in [3.8, 4) is 17.2 Å². The van der Waals surface area contributed by atoms with Crippen molar-refractivity contribution in [2.45, 2.75) is 32.1 Å². The molecule has 3 rings (SSSR count). The molecule has 1 aromatic heterocycles. The van der Waals surface area contributed by atoms with E-state index < -0.39 is 5.97 Å². The molecule has 6 nitrogen and oxygen atoms in total. The Labute approximate surface area is 141 Å². The van der Waals surface area contributed by atoms with E-state index in [2.05, 4.69) is 5.10 Å². The topological polar surface area (TPSA) is 62.6 Å². The molecule has 2 aromatic rings. The van der Waals surface area contributed by atoms with Crippen LogP contribution in [0.2, 0.25) is 0 Å². The number of aromatic nitrogens is 2. The van der Waals surface area contributed by atoms with Gasteiger partial charge >= 0.3 is 5.97 Å². The number of benzene rings is 1. The Morgan fingerprint density at radius 3 is 2.54 bits per heavy atom. The highest BCUT2D eigenvalue weighted by molar-refractivity contribution is 5.87. The van der Waals surface area contributed by atoms with Crippen LogP contribution in [0.3, 0.4) is 0 Å². The molecule has 0 atom stereocenters. The van der Waals surface area contributed by atoms with Crippen LogP contribution in [0.5, 0.6) is 11.5 Å². The molecule has 24 heavy (non-hydrogen) atoms. The van der Waals surface area contributed by atoms with Gasteiger partial charge in [-0.2, -0.15) is 5.10 Å². The van der Waals surface area contributed by atoms with Crippen LogP contribution in [0, 0.1) is 0 Å². The molecular weight excluding hydrogens is 308 g/mol. The van der Waals surface area contributed by atoms with Gasteiger partial charge in [0.15, 0.2) is 17.2 Å². The molecule has 0 amide bonds. The maximum atomic E-state index is 12.1. The van der Waals surface area contributed by atoms with Gasteiger partial charge in [-0.25, -0.2) is 9.48 Å². The number of methoxy groups -OCH3 is 2. The highest BCUT2D eigenvalue weighted by Gasteiger charge is 2.27. The van der Waals surface area contributed by atoms with Crippen LogP contribution >= 0.6 is 0 Å². The van der Waals surface area contributed by atoms with Crippen LogP contribution in [0.4, 0.5) is 0 Å². The Kier molecular flexibility index (Phi) is 4.74. The van der Waals surface area contributed by atoms with Crippen LogP contribution in [0.15, 0.2) is 24.3 Å². The summed E-state index contributed by atoms with van der Waals surface area (Å²) in [5, 5.41) is 4.48. The highest BCUT2D eigenvalue weighted by Crippen LogP contribution is 2.38. The maximum absolute atomic E-state index is 12.1. The van der Waals surface area contributed by atoms with Gasteiger partial charge in [0.25, 0.3) is 0 Å². The number of hydrogen-bond donors (Lipinski definition) is 0. The van der Waals surface area contributed by atoms with Gasteiger partial charge in [0.1, 0.15) is 0 Å². The molecule has 0 radical (unpaired) electrons. The summed E-state index contributed by atoms with van der Waals surface area (Å²) in [5.41, 5.74) is 2.22. The minimum absolute atomic E-state index is 0.334. The molecule has 0 bridgehead atoms. The van der Waals surface area contributed by atoms with Crippen molar-refractivity contribution in [1.82, 2.24) is 9.78 Å². The molecule has 128 valence electrons. The second kappa shape index (κ2) is 6.95. The molecule has 1 aromatic carbocycles. The standard InChI is InChI=1S/C18H22N2O4/c1-4-24-18(21)14-11-15(12-6-5-7-12)20(19-14)13-8-9-16(22-2)17(10-13)23-3/h8-12H,4-7H2,1-3H3. The first-order valence-corrected chi connectivity index (χ1v) is 8.17. The summed E-state index contributed by atoms with van der Waals surface area (Å²) in [6.45, 7) is 2.12. The number of ether oxygens (including phenoxy) is 3. The minimum Gasteiger partial charge on any atom is -0.493 e. The monoisotopic (exact) mass is 330 g/mol. The molecule has 1 fully saturated rings. The zero-order chi connectivity index (χ0) is 17.1. The lowest BCUT2D eigenvalue weighted by molar-refractivity contribution is 0.0519. The summed E-state index contributed by atoms with van der Waals surface area (Å²) in [4.78, 5) is 12.1. The lowest BCUT2D eigenvalue weighted by Crippen LogP contribution is -2.14. The summed E-state index contributed by atoms with van der Waals surface area (Å²) >= 11 is 0. The number of esters is 1. The third kappa shape index (κ3) is 2.96. The van der Waals surface area contributed by atoms with Crippen LogP contribution in [-0.4, -0.2) is 36.6 Å². The molecule has 0 aliphatic heterocycles. The smallest absolute Gasteiger partial charge is 0.358 e. The van der Waals surface area contributed by atoms with Gasteiger partial charge in [-0.15, -0.1) is 0 Å². The third-order valence-electron chi connectivity index (χ3n) is 4.36. The molecule has 1 heterocycles. The maximum Gasteiger partial charge on any atom is 0.358 e. The fourth-order valence-electron chi connectivity index (χ4n) is 2.86. The summed E-state index contributed by atoms with van der Waals surface area (Å²) in [6, 6.07) is 7.46. The van der Waals surface area contributed by atoms with Gasteiger partial charge in [0.05, 0.1) is 26.5 Å². The largest absolute Gasteiger partial charge is 0.493 e. The van der Waals surface area contributed by atoms with Crippen LogP contribution in [-0.2, 0) is 4.74 Å². The van der Waals surface area contributed by atoms with E-state index in [9.17, 15) is 4.79 Å². The molecule has 1 saturated carbocycles. The van der Waals surface area contributed by atoms with Crippen molar-refractivity contribution in [2.75, 3.05) is 20.8 Å². The SMILES string of the molecule is CCOC(=O)c1cc(C2CCC2)n(-c2ccc(OC)c(OC)c2)n1. The van der Waals surface area contributed by atoms with Crippen molar-refractivity contribution < 1.29 is 19.0 Å². The zero-order valence-corrected chi connectivity index (χ0v) is 14.2. The van der Waals surface area contributed by atoms with Gasteiger partial charge in [-0.1, -0.05) is 6.42 Å². The van der Waals surface area contributed by atoms with E-state index in [0.29, 0.717) is 29.7 Å². The van der Waals surface area contributed by atoms with E-state index in [1.54, 1.807) is 21.1 Å². The summed E-state index contributed by atoms with van der Waals surface area (Å²) in [7, 11) is 3.20. The van der Waals surface area contributed by atoms with Crippen LogP contribution in [0.25, 0.3) is 5.69 Å². The normalized spacial score (nSPS) is 14.1. The van der Waals surface area contributed by atoms with Gasteiger partial charge in [-0.05, 0) is 38.0 Å². The van der Waals surface area contributed by atoms with E-state index in [0.717, 1.165) is 24.2 Å². The lowest BCUT2D eigenvalue weighted by atomic mass is 9.82. The molecule has 0 unspecified atom stereocenters. The predicted molar refractivity (Wildman–Crippen MR) is 89.2 cm³/mol. The first-order chi connectivity index (χ1) is 11.7. The number of rotatable bonds is 6. The average molecular weight is 330 g/mol. The Hall–Kier alpha value is -2.50. The quantitative estimate of drug-likeness (QED) is 0.760. The molecule has 6 heteroatoms. The van der Waals surface area contributed by atoms with Crippen molar-refractivity contribution in [2.24, 2.45) is 0 Å². The van der Waals surface area contributed by atoms with E-state index >= 15 is 0 Å². The molecule has 1 aliphatic rings. The molecule has 0 spiro atoms. The van der Waals surface area contributed by atoms with Gasteiger partial charge < -0.3 is 14.2 Å². The van der Waals surface area contributed by atoms with Crippen molar-refractivity contribution in [1.29, 1.82) is 0 Å². The van der Waals surface area contributed by atoms with E-state index in [1.807, 2.05) is 28.9 Å². The van der Waals surface area contributed by atoms with Crippen molar-refractivity contribution in [3.63, 3.8) is 0 Å². The van der Waals surface area contributed by atoms with Crippen LogP contribution in [0.1, 0.15) is 48.3 Å². The fraction of sp³-hybridized carbons (Fsp3) is 0.444. The number of nitrogens with zero attached hydrogens (tertiary/aromatic N) is 2. The lowest BCUT2D eigenvalue weighted by Gasteiger charge is -2.26. The zero-order valence-electron chi connectivity index (χ0n) is 14.2. The van der Waals surface area contributed by atoms with E-state index in [4.69, 9.17) is 14.2 Å². The van der Waals surface area contributed by atoms with E-state index in [-0.39, 0.29) is 0 Å². The molecular formula is C18H22N2O4. The van der Waals surface area contributed by atoms with Crippen molar-refractivity contribution >= 4 is 5.97 Å². The van der Waals surface area contributed by atoms with Crippen LogP contribution < -0.4 is 9.47 Å². The predicted octanol–water partition coefficient (Wildman–Crippen LogP) is 3.33. The summed E-state index contributed by atoms with van der Waals surface area (Å²) in [5.74, 6) is 1.32. The van der Waals surface area contributed by atoms with Gasteiger partial charge in [-0.3, -0.25) is 0 Å². The van der Waals surface area contributed by atoms with Gasteiger partial charge in [0, 0.05) is 17.7 Å². The molecule has 1 aliphatic carbocycles. The number of carbonyl (C=O) groups is 1.